The van der Waals surface area contributed by atoms with Crippen LogP contribution in [0, 0.1) is 10.1 Å². The zero-order valence-electron chi connectivity index (χ0n) is 7.54. The first kappa shape index (κ1) is 9.26. The maximum atomic E-state index is 10.5. The van der Waals surface area contributed by atoms with Crippen LogP contribution in [-0.2, 0) is 0 Å². The summed E-state index contributed by atoms with van der Waals surface area (Å²) in [5.41, 5.74) is -0.0485. The second-order valence-electron chi connectivity index (χ2n) is 3.13. The van der Waals surface area contributed by atoms with Crippen molar-refractivity contribution in [3.8, 4) is 11.5 Å². The van der Waals surface area contributed by atoms with Crippen LogP contribution in [0.1, 0.15) is 0 Å². The highest BCUT2D eigenvalue weighted by atomic mass is 16.6. The molecule has 0 radical (unpaired) electrons. The summed E-state index contributed by atoms with van der Waals surface area (Å²) < 4.78 is 0. The van der Waals surface area contributed by atoms with Gasteiger partial charge in [-0.2, -0.15) is 0 Å². The van der Waals surface area contributed by atoms with Gasteiger partial charge in [-0.25, -0.2) is 0 Å². The highest BCUT2D eigenvalue weighted by Crippen LogP contribution is 2.31. The van der Waals surface area contributed by atoms with Crippen LogP contribution in [0.25, 0.3) is 10.8 Å². The summed E-state index contributed by atoms with van der Waals surface area (Å²) in [6.45, 7) is 0. The van der Waals surface area contributed by atoms with Crippen LogP contribution in [0.3, 0.4) is 0 Å². The van der Waals surface area contributed by atoms with Crippen LogP contribution in [0.15, 0.2) is 30.3 Å². The Hall–Kier alpha value is -2.30. The van der Waals surface area contributed by atoms with E-state index in [1.807, 2.05) is 0 Å². The predicted molar refractivity (Wildman–Crippen MR) is 53.9 cm³/mol. The monoisotopic (exact) mass is 205 g/mol. The molecular weight excluding hydrogens is 198 g/mol. The normalized spacial score (nSPS) is 10.4. The summed E-state index contributed by atoms with van der Waals surface area (Å²) >= 11 is 0. The molecule has 0 aliphatic heterocycles. The fourth-order valence-corrected chi connectivity index (χ4v) is 1.37. The molecule has 5 heteroatoms. The van der Waals surface area contributed by atoms with Crippen LogP contribution >= 0.6 is 0 Å². The maximum Gasteiger partial charge on any atom is 0.270 e. The maximum absolute atomic E-state index is 10.5. The number of nitro benzene ring substituents is 1. The zero-order valence-corrected chi connectivity index (χ0v) is 7.54. The zero-order chi connectivity index (χ0) is 11.0. The highest BCUT2D eigenvalue weighted by molar-refractivity contribution is 5.87. The summed E-state index contributed by atoms with van der Waals surface area (Å²) in [6, 6.07) is 6.85. The average Bonchev–Trinajstić information content (AvgIpc) is 2.19. The fraction of sp³-hybridized carbons (Fsp3) is 0. The van der Waals surface area contributed by atoms with Crippen LogP contribution < -0.4 is 0 Å². The van der Waals surface area contributed by atoms with Gasteiger partial charge in [0.25, 0.3) is 5.69 Å². The molecule has 0 aliphatic carbocycles. The summed E-state index contributed by atoms with van der Waals surface area (Å²) in [5.74, 6) is -0.528. The number of fused-ring (bicyclic) bond motifs is 1. The lowest BCUT2D eigenvalue weighted by Gasteiger charge is -2.01. The Balaban J connectivity index is 2.72. The Kier molecular flexibility index (Phi) is 1.93. The van der Waals surface area contributed by atoms with Crippen molar-refractivity contribution in [3.05, 3.63) is 40.4 Å². The van der Waals surface area contributed by atoms with Crippen molar-refractivity contribution >= 4 is 16.5 Å². The van der Waals surface area contributed by atoms with Gasteiger partial charge in [0, 0.05) is 12.1 Å². The van der Waals surface area contributed by atoms with E-state index < -0.39 is 4.92 Å². The van der Waals surface area contributed by atoms with Gasteiger partial charge < -0.3 is 10.2 Å². The Morgan fingerprint density at radius 1 is 1.00 bits per heavy atom. The Bertz CT molecular complexity index is 550. The number of hydrogen-bond donors (Lipinski definition) is 2. The van der Waals surface area contributed by atoms with E-state index in [4.69, 9.17) is 0 Å². The molecular formula is C10H7NO4. The third-order valence-corrected chi connectivity index (χ3v) is 2.13. The molecule has 2 aromatic rings. The number of hydrogen-bond acceptors (Lipinski definition) is 4. The van der Waals surface area contributed by atoms with E-state index in [1.54, 1.807) is 0 Å². The summed E-state index contributed by atoms with van der Waals surface area (Å²) in [4.78, 5) is 9.98. The van der Waals surface area contributed by atoms with Crippen molar-refractivity contribution in [1.82, 2.24) is 0 Å². The number of phenolic OH excluding ortho intramolecular Hbond substituents is 2. The van der Waals surface area contributed by atoms with Gasteiger partial charge in [0.15, 0.2) is 11.5 Å². The van der Waals surface area contributed by atoms with E-state index in [0.29, 0.717) is 10.8 Å². The third kappa shape index (κ3) is 1.54. The molecule has 2 aromatic carbocycles. The molecule has 0 fully saturated rings. The molecule has 0 aromatic heterocycles. The number of benzene rings is 2. The number of aromatic hydroxyl groups is 2. The second kappa shape index (κ2) is 3.13. The van der Waals surface area contributed by atoms with Gasteiger partial charge >= 0.3 is 0 Å². The first-order valence-corrected chi connectivity index (χ1v) is 4.18. The third-order valence-electron chi connectivity index (χ3n) is 2.13. The van der Waals surface area contributed by atoms with E-state index >= 15 is 0 Å². The van der Waals surface area contributed by atoms with Crippen molar-refractivity contribution in [2.45, 2.75) is 0 Å². The molecule has 76 valence electrons. The molecule has 0 heterocycles. The Morgan fingerprint density at radius 3 is 2.20 bits per heavy atom. The molecule has 2 rings (SSSR count). The molecule has 0 amide bonds. The van der Waals surface area contributed by atoms with Gasteiger partial charge in [0.1, 0.15) is 0 Å². The average molecular weight is 205 g/mol. The summed E-state index contributed by atoms with van der Waals surface area (Å²) in [7, 11) is 0. The van der Waals surface area contributed by atoms with Gasteiger partial charge in [-0.1, -0.05) is 0 Å². The van der Waals surface area contributed by atoms with E-state index in [-0.39, 0.29) is 17.2 Å². The quantitative estimate of drug-likeness (QED) is 0.424. The van der Waals surface area contributed by atoms with E-state index in [1.165, 1.54) is 30.3 Å². The van der Waals surface area contributed by atoms with Crippen molar-refractivity contribution in [2.75, 3.05) is 0 Å². The van der Waals surface area contributed by atoms with Crippen LogP contribution in [-0.4, -0.2) is 15.1 Å². The first-order valence-electron chi connectivity index (χ1n) is 4.18. The van der Waals surface area contributed by atoms with E-state index in [9.17, 15) is 20.3 Å². The number of rotatable bonds is 1. The fourth-order valence-electron chi connectivity index (χ4n) is 1.37. The van der Waals surface area contributed by atoms with Gasteiger partial charge in [-0.3, -0.25) is 10.1 Å². The molecule has 0 saturated heterocycles. The molecule has 0 spiro atoms. The van der Waals surface area contributed by atoms with Crippen molar-refractivity contribution in [2.24, 2.45) is 0 Å². The molecule has 2 N–H and O–H groups in total. The highest BCUT2D eigenvalue weighted by Gasteiger charge is 2.08. The molecule has 0 atom stereocenters. The van der Waals surface area contributed by atoms with Crippen LogP contribution in [0.2, 0.25) is 0 Å². The second-order valence-corrected chi connectivity index (χ2v) is 3.13. The minimum Gasteiger partial charge on any atom is -0.504 e. The van der Waals surface area contributed by atoms with Crippen molar-refractivity contribution < 1.29 is 15.1 Å². The molecule has 0 bridgehead atoms. The van der Waals surface area contributed by atoms with Crippen LogP contribution in [0.4, 0.5) is 5.69 Å². The lowest BCUT2D eigenvalue weighted by Crippen LogP contribution is -1.87. The molecule has 5 nitrogen and oxygen atoms in total. The molecule has 0 saturated carbocycles. The SMILES string of the molecule is O=[N+]([O-])c1ccc2cc(O)c(O)cc2c1. The lowest BCUT2D eigenvalue weighted by molar-refractivity contribution is -0.384. The van der Waals surface area contributed by atoms with Gasteiger partial charge in [0.05, 0.1) is 4.92 Å². The van der Waals surface area contributed by atoms with E-state index in [2.05, 4.69) is 0 Å². The lowest BCUT2D eigenvalue weighted by atomic mass is 10.1. The number of nitro groups is 1. The van der Waals surface area contributed by atoms with Crippen LogP contribution in [0.5, 0.6) is 11.5 Å². The van der Waals surface area contributed by atoms with Crippen molar-refractivity contribution in [1.29, 1.82) is 0 Å². The molecule has 0 aliphatic rings. The van der Waals surface area contributed by atoms with Gasteiger partial charge in [-0.15, -0.1) is 0 Å². The number of phenols is 2. The molecule has 15 heavy (non-hydrogen) atoms. The predicted octanol–water partition coefficient (Wildman–Crippen LogP) is 2.16. The molecule has 0 unspecified atom stereocenters. The van der Waals surface area contributed by atoms with Gasteiger partial charge in [0.2, 0.25) is 0 Å². The Labute approximate surface area is 84.4 Å². The standard InChI is InChI=1S/C10H7NO4/c12-9-4-6-1-2-8(11(14)15)3-7(6)5-10(9)13/h1-5,12-13H. The summed E-state index contributed by atoms with van der Waals surface area (Å²) in [6.07, 6.45) is 0. The Morgan fingerprint density at radius 2 is 1.60 bits per heavy atom. The first-order chi connectivity index (χ1) is 7.08. The smallest absolute Gasteiger partial charge is 0.270 e. The van der Waals surface area contributed by atoms with Gasteiger partial charge in [-0.05, 0) is 29.0 Å². The topological polar surface area (TPSA) is 83.6 Å². The van der Waals surface area contributed by atoms with E-state index in [0.717, 1.165) is 0 Å². The largest absolute Gasteiger partial charge is 0.504 e. The minimum absolute atomic E-state index is 0.0485. The number of nitrogens with zero attached hydrogens (tertiary/aromatic N) is 1. The minimum atomic E-state index is -0.511. The van der Waals surface area contributed by atoms with Crippen molar-refractivity contribution in [3.63, 3.8) is 0 Å². The number of non-ortho nitro benzene ring substituents is 1. The summed E-state index contributed by atoms with van der Waals surface area (Å²) in [5, 5.41) is 30.1.